The zero-order valence-electron chi connectivity index (χ0n) is 12.5. The number of thiazole rings is 2. The quantitative estimate of drug-likeness (QED) is 0.311. The third kappa shape index (κ3) is 4.11. The number of nitrogens with zero attached hydrogens (tertiary/aromatic N) is 2. The number of hydrogen-bond donors (Lipinski definition) is 0. The van der Waals surface area contributed by atoms with E-state index in [0.717, 1.165) is 17.6 Å². The average Bonchev–Trinajstić information content (AvgIpc) is 3.19. The summed E-state index contributed by atoms with van der Waals surface area (Å²) in [7, 11) is 0. The van der Waals surface area contributed by atoms with E-state index in [2.05, 4.69) is 48.4 Å². The van der Waals surface area contributed by atoms with Crippen LogP contribution in [0.25, 0.3) is 10.0 Å². The minimum atomic E-state index is -0.522. The first-order valence-corrected chi connectivity index (χ1v) is 10.5. The molecule has 0 spiro atoms. The van der Waals surface area contributed by atoms with Crippen molar-refractivity contribution in [3.8, 4) is 10.0 Å². The summed E-state index contributed by atoms with van der Waals surface area (Å²) < 4.78 is 9.86. The number of hydrogen-bond acceptors (Lipinski definition) is 8. The van der Waals surface area contributed by atoms with Crippen molar-refractivity contribution in [3.05, 3.63) is 34.0 Å². The Kier molecular flexibility index (Phi) is 7.08. The second kappa shape index (κ2) is 8.84. The van der Waals surface area contributed by atoms with Gasteiger partial charge < -0.3 is 9.47 Å². The molecule has 10 heteroatoms. The Morgan fingerprint density at radius 1 is 1.12 bits per heavy atom. The molecule has 2 aromatic heterocycles. The molecule has 0 aliphatic rings. The van der Waals surface area contributed by atoms with Gasteiger partial charge >= 0.3 is 11.9 Å². The SMILES string of the molecule is C=COC(=O)c1sc(-c2nc(CBr)c(C(=O)OCC)s2)nc1CBr.[HH]. The Morgan fingerprint density at radius 3 is 2.04 bits per heavy atom. The van der Waals surface area contributed by atoms with Gasteiger partial charge in [-0.3, -0.25) is 0 Å². The fraction of sp³-hybridized carbons (Fsp3) is 0.286. The summed E-state index contributed by atoms with van der Waals surface area (Å²) in [6.07, 6.45) is 1.07. The number of ether oxygens (including phenoxy) is 2. The highest BCUT2D eigenvalue weighted by molar-refractivity contribution is 9.08. The van der Waals surface area contributed by atoms with Crippen molar-refractivity contribution in [2.45, 2.75) is 17.6 Å². The van der Waals surface area contributed by atoms with Gasteiger partial charge in [0, 0.05) is 12.1 Å². The van der Waals surface area contributed by atoms with E-state index in [9.17, 15) is 9.59 Å². The molecular weight excluding hydrogens is 484 g/mol. The topological polar surface area (TPSA) is 78.4 Å². The highest BCUT2D eigenvalue weighted by Gasteiger charge is 2.24. The predicted molar refractivity (Wildman–Crippen MR) is 102 cm³/mol. The Hall–Kier alpha value is -1.10. The lowest BCUT2D eigenvalue weighted by atomic mass is 10.4. The van der Waals surface area contributed by atoms with E-state index in [1.807, 2.05) is 0 Å². The number of carbonyl (C=O) groups is 2. The molecule has 0 unspecified atom stereocenters. The zero-order valence-corrected chi connectivity index (χ0v) is 17.3. The van der Waals surface area contributed by atoms with Gasteiger partial charge in [-0.05, 0) is 6.92 Å². The van der Waals surface area contributed by atoms with Crippen molar-refractivity contribution in [1.29, 1.82) is 0 Å². The van der Waals surface area contributed by atoms with E-state index < -0.39 is 11.9 Å². The van der Waals surface area contributed by atoms with Crippen LogP contribution in [0.15, 0.2) is 12.8 Å². The molecule has 0 bridgehead atoms. The van der Waals surface area contributed by atoms with Crippen LogP contribution in [0.4, 0.5) is 0 Å². The highest BCUT2D eigenvalue weighted by atomic mass is 79.9. The number of aromatic nitrogens is 2. The van der Waals surface area contributed by atoms with E-state index in [1.165, 1.54) is 11.3 Å². The maximum atomic E-state index is 12.0. The molecule has 0 radical (unpaired) electrons. The molecule has 2 rings (SSSR count). The van der Waals surface area contributed by atoms with E-state index in [4.69, 9.17) is 9.47 Å². The van der Waals surface area contributed by atoms with Gasteiger partial charge in [0.05, 0.1) is 24.3 Å². The molecule has 0 saturated carbocycles. The van der Waals surface area contributed by atoms with Gasteiger partial charge in [-0.1, -0.05) is 38.4 Å². The first kappa shape index (κ1) is 19.2. The van der Waals surface area contributed by atoms with Crippen LogP contribution in [0.1, 0.15) is 39.1 Å². The molecule has 0 amide bonds. The van der Waals surface area contributed by atoms with Crippen molar-refractivity contribution in [2.75, 3.05) is 6.61 Å². The van der Waals surface area contributed by atoms with E-state index in [-0.39, 0.29) is 8.03 Å². The minimum Gasteiger partial charge on any atom is -0.462 e. The molecule has 24 heavy (non-hydrogen) atoms. The fourth-order valence-corrected chi connectivity index (χ4v) is 4.85. The molecule has 0 N–H and O–H groups in total. The summed E-state index contributed by atoms with van der Waals surface area (Å²) in [5.74, 6) is -0.939. The number of carbonyl (C=O) groups excluding carboxylic acids is 2. The fourth-order valence-electron chi connectivity index (χ4n) is 1.71. The number of esters is 2. The standard InChI is InChI=1S/C14H12Br2N2O4S2.H2/c1-3-21-13(19)9-7(5-15)17-11(23-9)12-18-8(6-16)10(24-12)14(20)22-4-2;/h3H,1,4-6H2,2H3;1H. The van der Waals surface area contributed by atoms with Crippen LogP contribution in [-0.2, 0) is 20.1 Å². The second-order valence-corrected chi connectivity index (χ2v) is 7.27. The minimum absolute atomic E-state index is 0. The van der Waals surface area contributed by atoms with Crippen LogP contribution in [0.2, 0.25) is 0 Å². The van der Waals surface area contributed by atoms with Crippen LogP contribution in [0.3, 0.4) is 0 Å². The summed E-state index contributed by atoms with van der Waals surface area (Å²) in [4.78, 5) is 33.6. The molecule has 0 aliphatic heterocycles. The molecule has 0 fully saturated rings. The van der Waals surface area contributed by atoms with Crippen molar-refractivity contribution in [3.63, 3.8) is 0 Å². The largest absolute Gasteiger partial charge is 0.462 e. The second-order valence-electron chi connectivity index (χ2n) is 4.15. The lowest BCUT2D eigenvalue weighted by Crippen LogP contribution is -2.04. The Morgan fingerprint density at radius 2 is 1.62 bits per heavy atom. The van der Waals surface area contributed by atoms with Crippen molar-refractivity contribution < 1.29 is 20.5 Å². The molecule has 0 aromatic carbocycles. The molecule has 0 atom stereocenters. The van der Waals surface area contributed by atoms with E-state index >= 15 is 0 Å². The molecule has 0 aliphatic carbocycles. The van der Waals surface area contributed by atoms with Gasteiger partial charge in [0.2, 0.25) is 0 Å². The van der Waals surface area contributed by atoms with Gasteiger partial charge in [-0.15, -0.1) is 22.7 Å². The number of halogens is 2. The maximum absolute atomic E-state index is 12.0. The van der Waals surface area contributed by atoms with E-state index in [1.54, 1.807) is 6.92 Å². The Labute approximate surface area is 164 Å². The maximum Gasteiger partial charge on any atom is 0.355 e. The van der Waals surface area contributed by atoms with Gasteiger partial charge in [-0.2, -0.15) is 0 Å². The molecule has 6 nitrogen and oxygen atoms in total. The monoisotopic (exact) mass is 496 g/mol. The smallest absolute Gasteiger partial charge is 0.355 e. The number of rotatable bonds is 7. The van der Waals surface area contributed by atoms with E-state index in [0.29, 0.717) is 41.8 Å². The first-order chi connectivity index (χ1) is 11.5. The third-order valence-corrected chi connectivity index (χ3v) is 6.03. The summed E-state index contributed by atoms with van der Waals surface area (Å²) >= 11 is 8.97. The molecule has 130 valence electrons. The molecule has 2 aromatic rings. The predicted octanol–water partition coefficient (Wildman–Crippen LogP) is 4.78. The van der Waals surface area contributed by atoms with Crippen LogP contribution in [0, 0.1) is 0 Å². The zero-order chi connectivity index (χ0) is 17.7. The summed E-state index contributed by atoms with van der Waals surface area (Å²) in [6, 6.07) is 0. The van der Waals surface area contributed by atoms with Crippen LogP contribution in [-0.4, -0.2) is 28.5 Å². The first-order valence-electron chi connectivity index (χ1n) is 6.66. The molecule has 0 saturated heterocycles. The van der Waals surface area contributed by atoms with Crippen LogP contribution >= 0.6 is 54.5 Å². The number of alkyl halides is 2. The van der Waals surface area contributed by atoms with Crippen LogP contribution in [0.5, 0.6) is 0 Å². The Bertz CT molecular complexity index is 779. The lowest BCUT2D eigenvalue weighted by Gasteiger charge is -1.98. The molecule has 2 heterocycles. The van der Waals surface area contributed by atoms with Crippen molar-refractivity contribution >= 4 is 66.5 Å². The third-order valence-electron chi connectivity index (χ3n) is 2.67. The molecular formula is C14H14Br2N2O4S2. The van der Waals surface area contributed by atoms with Gasteiger partial charge in [0.1, 0.15) is 9.75 Å². The Balaban J connectivity index is 0.00000312. The lowest BCUT2D eigenvalue weighted by molar-refractivity contribution is 0.0530. The average molecular weight is 498 g/mol. The van der Waals surface area contributed by atoms with Crippen molar-refractivity contribution in [1.82, 2.24) is 9.97 Å². The van der Waals surface area contributed by atoms with Gasteiger partial charge in [-0.25, -0.2) is 19.6 Å². The normalized spacial score (nSPS) is 10.5. The van der Waals surface area contributed by atoms with Crippen molar-refractivity contribution in [2.24, 2.45) is 0 Å². The van der Waals surface area contributed by atoms with Crippen LogP contribution < -0.4 is 0 Å². The van der Waals surface area contributed by atoms with Gasteiger partial charge in [0.25, 0.3) is 0 Å². The summed E-state index contributed by atoms with van der Waals surface area (Å²) in [5.41, 5.74) is 1.13. The van der Waals surface area contributed by atoms with Gasteiger partial charge in [0.15, 0.2) is 10.0 Å². The highest BCUT2D eigenvalue weighted by Crippen LogP contribution is 2.35. The summed E-state index contributed by atoms with van der Waals surface area (Å²) in [5, 5.41) is 1.91. The summed E-state index contributed by atoms with van der Waals surface area (Å²) in [6.45, 7) is 5.40.